The molecule has 114 valence electrons. The van der Waals surface area contributed by atoms with Gasteiger partial charge in [0.1, 0.15) is 5.03 Å². The summed E-state index contributed by atoms with van der Waals surface area (Å²) in [6.45, 7) is 8.62. The van der Waals surface area contributed by atoms with E-state index in [2.05, 4.69) is 56.6 Å². The third-order valence-electron chi connectivity index (χ3n) is 3.22. The first-order valence-electron chi connectivity index (χ1n) is 7.51. The van der Waals surface area contributed by atoms with E-state index in [0.717, 1.165) is 23.6 Å². The van der Waals surface area contributed by atoms with Crippen LogP contribution in [0.15, 0.2) is 35.4 Å². The predicted molar refractivity (Wildman–Crippen MR) is 91.2 cm³/mol. The van der Waals surface area contributed by atoms with Crippen LogP contribution >= 0.6 is 11.8 Å². The molecule has 4 heteroatoms. The molecule has 0 aliphatic rings. The molecule has 2 aromatic rings. The van der Waals surface area contributed by atoms with Crippen molar-refractivity contribution in [2.75, 3.05) is 5.75 Å². The van der Waals surface area contributed by atoms with Crippen LogP contribution in [0.2, 0.25) is 0 Å². The van der Waals surface area contributed by atoms with Crippen molar-refractivity contribution < 1.29 is 0 Å². The first kappa shape index (κ1) is 16.1. The van der Waals surface area contributed by atoms with Crippen LogP contribution in [0.25, 0.3) is 5.69 Å². The molecule has 1 aromatic heterocycles. The number of nitrogens with two attached hydrogens (primary N) is 1. The van der Waals surface area contributed by atoms with Crippen molar-refractivity contribution >= 4 is 11.8 Å². The van der Waals surface area contributed by atoms with Gasteiger partial charge in [-0.15, -0.1) is 11.8 Å². The average molecular weight is 303 g/mol. The number of benzene rings is 1. The van der Waals surface area contributed by atoms with Gasteiger partial charge in [0.05, 0.1) is 11.4 Å². The molecule has 2 N–H and O–H groups in total. The molecule has 0 fully saturated rings. The van der Waals surface area contributed by atoms with Crippen LogP contribution in [-0.4, -0.2) is 21.6 Å². The first-order chi connectivity index (χ1) is 9.99. The third kappa shape index (κ3) is 4.11. The Bertz CT molecular complexity index is 573. The van der Waals surface area contributed by atoms with Gasteiger partial charge in [-0.1, -0.05) is 32.0 Å². The maximum atomic E-state index is 6.02. The molecule has 0 radical (unpaired) electrons. The largest absolute Gasteiger partial charge is 0.328 e. The van der Waals surface area contributed by atoms with Crippen molar-refractivity contribution in [1.29, 1.82) is 0 Å². The highest BCUT2D eigenvalue weighted by Crippen LogP contribution is 2.30. The Balaban J connectivity index is 2.43. The number of thioether (sulfide) groups is 1. The van der Waals surface area contributed by atoms with Gasteiger partial charge in [-0.3, -0.25) is 0 Å². The van der Waals surface area contributed by atoms with Crippen LogP contribution < -0.4 is 5.73 Å². The number of para-hydroxylation sites is 1. The Labute approximate surface area is 131 Å². The molecular weight excluding hydrogens is 278 g/mol. The van der Waals surface area contributed by atoms with Crippen molar-refractivity contribution in [2.24, 2.45) is 11.7 Å². The molecule has 0 aliphatic heterocycles. The Morgan fingerprint density at radius 3 is 2.43 bits per heavy atom. The summed E-state index contributed by atoms with van der Waals surface area (Å²) in [4.78, 5) is 0. The number of aryl methyl sites for hydroxylation is 1. The molecular formula is C17H25N3S. The highest BCUT2D eigenvalue weighted by Gasteiger charge is 2.18. The summed E-state index contributed by atoms with van der Waals surface area (Å²) >= 11 is 1.88. The molecule has 0 saturated carbocycles. The third-order valence-corrected chi connectivity index (χ3v) is 4.74. The molecule has 1 aromatic carbocycles. The van der Waals surface area contributed by atoms with E-state index < -0.39 is 0 Å². The van der Waals surface area contributed by atoms with Crippen LogP contribution in [0.5, 0.6) is 0 Å². The van der Waals surface area contributed by atoms with Crippen molar-refractivity contribution in [3.8, 4) is 5.69 Å². The van der Waals surface area contributed by atoms with Gasteiger partial charge in [0, 0.05) is 17.4 Å². The van der Waals surface area contributed by atoms with Gasteiger partial charge in [0.25, 0.3) is 0 Å². The minimum atomic E-state index is 0.149. The molecule has 0 saturated heterocycles. The van der Waals surface area contributed by atoms with Gasteiger partial charge in [-0.05, 0) is 38.3 Å². The second-order valence-electron chi connectivity index (χ2n) is 6.00. The van der Waals surface area contributed by atoms with E-state index in [0.29, 0.717) is 5.92 Å². The van der Waals surface area contributed by atoms with E-state index >= 15 is 0 Å². The summed E-state index contributed by atoms with van der Waals surface area (Å²) in [7, 11) is 0. The zero-order chi connectivity index (χ0) is 15.4. The monoisotopic (exact) mass is 303 g/mol. The minimum Gasteiger partial charge on any atom is -0.328 e. The summed E-state index contributed by atoms with van der Waals surface area (Å²) in [5.74, 6) is 1.74. The molecule has 1 unspecified atom stereocenters. The maximum Gasteiger partial charge on any atom is 0.103 e. The fourth-order valence-corrected chi connectivity index (χ4v) is 3.40. The second-order valence-corrected chi connectivity index (χ2v) is 7.01. The van der Waals surface area contributed by atoms with Gasteiger partial charge in [0.2, 0.25) is 0 Å². The second kappa shape index (κ2) is 7.14. The zero-order valence-corrected chi connectivity index (χ0v) is 14.2. The lowest BCUT2D eigenvalue weighted by Crippen LogP contribution is -2.18. The van der Waals surface area contributed by atoms with Crippen LogP contribution in [0.3, 0.4) is 0 Å². The normalized spacial score (nSPS) is 12.9. The summed E-state index contributed by atoms with van der Waals surface area (Å²) < 4.78 is 2.07. The number of aromatic nitrogens is 2. The van der Waals surface area contributed by atoms with Crippen molar-refractivity contribution in [1.82, 2.24) is 9.78 Å². The van der Waals surface area contributed by atoms with E-state index in [-0.39, 0.29) is 6.04 Å². The standard InChI is InChI=1S/C17H25N3S/c1-12(2)11-21-17-16(10-13(3)18)14(4)19-20(17)15-8-6-5-7-9-15/h5-9,12-13H,10-11,18H2,1-4H3. The highest BCUT2D eigenvalue weighted by atomic mass is 32.2. The van der Waals surface area contributed by atoms with Crippen LogP contribution in [0, 0.1) is 12.8 Å². The maximum absolute atomic E-state index is 6.02. The Hall–Kier alpha value is -1.26. The molecule has 3 nitrogen and oxygen atoms in total. The SMILES string of the molecule is Cc1nn(-c2ccccc2)c(SCC(C)C)c1CC(C)N. The summed E-state index contributed by atoms with van der Waals surface area (Å²) in [6.07, 6.45) is 0.874. The molecule has 2 rings (SSSR count). The fraction of sp³-hybridized carbons (Fsp3) is 0.471. The molecule has 0 spiro atoms. The van der Waals surface area contributed by atoms with E-state index in [1.807, 2.05) is 17.8 Å². The summed E-state index contributed by atoms with van der Waals surface area (Å²) in [5.41, 5.74) is 9.51. The Morgan fingerprint density at radius 1 is 1.19 bits per heavy atom. The zero-order valence-electron chi connectivity index (χ0n) is 13.3. The molecule has 0 bridgehead atoms. The quantitative estimate of drug-likeness (QED) is 0.825. The highest BCUT2D eigenvalue weighted by molar-refractivity contribution is 7.99. The predicted octanol–water partition coefficient (Wildman–Crippen LogP) is 3.82. The van der Waals surface area contributed by atoms with Crippen molar-refractivity contribution in [3.63, 3.8) is 0 Å². The number of hydrogen-bond donors (Lipinski definition) is 1. The summed E-state index contributed by atoms with van der Waals surface area (Å²) in [6, 6.07) is 10.5. The van der Waals surface area contributed by atoms with Crippen LogP contribution in [0.1, 0.15) is 32.0 Å². The average Bonchev–Trinajstić information content (AvgIpc) is 2.74. The van der Waals surface area contributed by atoms with E-state index in [1.54, 1.807) is 0 Å². The van der Waals surface area contributed by atoms with Crippen LogP contribution in [-0.2, 0) is 6.42 Å². The fourth-order valence-electron chi connectivity index (χ4n) is 2.23. The van der Waals surface area contributed by atoms with Gasteiger partial charge < -0.3 is 5.73 Å². The Morgan fingerprint density at radius 2 is 1.86 bits per heavy atom. The number of rotatable bonds is 6. The molecule has 0 aliphatic carbocycles. The lowest BCUT2D eigenvalue weighted by molar-refractivity contribution is 0.714. The van der Waals surface area contributed by atoms with Crippen LogP contribution in [0.4, 0.5) is 0 Å². The van der Waals surface area contributed by atoms with Crippen molar-refractivity contribution in [2.45, 2.75) is 45.2 Å². The summed E-state index contributed by atoms with van der Waals surface area (Å²) in [5, 5.41) is 5.99. The molecule has 1 atom stereocenters. The number of hydrogen-bond acceptors (Lipinski definition) is 3. The first-order valence-corrected chi connectivity index (χ1v) is 8.50. The molecule has 21 heavy (non-hydrogen) atoms. The van der Waals surface area contributed by atoms with Gasteiger partial charge in [-0.25, -0.2) is 4.68 Å². The van der Waals surface area contributed by atoms with Gasteiger partial charge >= 0.3 is 0 Å². The van der Waals surface area contributed by atoms with Gasteiger partial charge in [-0.2, -0.15) is 5.10 Å². The molecule has 0 amide bonds. The lowest BCUT2D eigenvalue weighted by atomic mass is 10.1. The Kier molecular flexibility index (Phi) is 5.48. The molecule has 1 heterocycles. The lowest BCUT2D eigenvalue weighted by Gasteiger charge is -2.12. The van der Waals surface area contributed by atoms with Gasteiger partial charge in [0.15, 0.2) is 0 Å². The minimum absolute atomic E-state index is 0.149. The van der Waals surface area contributed by atoms with E-state index in [1.165, 1.54) is 10.6 Å². The van der Waals surface area contributed by atoms with Crippen molar-refractivity contribution in [3.05, 3.63) is 41.6 Å². The smallest absolute Gasteiger partial charge is 0.103 e. The van der Waals surface area contributed by atoms with E-state index in [9.17, 15) is 0 Å². The van der Waals surface area contributed by atoms with E-state index in [4.69, 9.17) is 10.8 Å². The number of nitrogens with zero attached hydrogens (tertiary/aromatic N) is 2. The topological polar surface area (TPSA) is 43.8 Å².